The van der Waals surface area contributed by atoms with Crippen molar-refractivity contribution in [1.82, 2.24) is 5.43 Å². The number of nitrogens with zero attached hydrogens (tertiary/aromatic N) is 1. The van der Waals surface area contributed by atoms with Crippen LogP contribution < -0.4 is 11.3 Å². The molecule has 0 saturated carbocycles. The molecule has 2 rings (SSSR count). The third-order valence-electron chi connectivity index (χ3n) is 2.10. The molecule has 0 atom stereocenters. The monoisotopic (exact) mass is 255 g/mol. The third kappa shape index (κ3) is 5.41. The lowest BCUT2D eigenvalue weighted by atomic mass is 10.2. The van der Waals surface area contributed by atoms with E-state index in [1.54, 1.807) is 36.4 Å². The Kier molecular flexibility index (Phi) is 6.29. The number of hydrogen-bond donors (Lipinski definition) is 2. The molecule has 0 aliphatic rings. The number of carbonyl (C=O) groups excluding carboxylic acids is 2. The van der Waals surface area contributed by atoms with Gasteiger partial charge in [-0.05, 0) is 24.3 Å². The molecule has 0 unspecified atom stereocenters. The second kappa shape index (κ2) is 8.36. The summed E-state index contributed by atoms with van der Waals surface area (Å²) in [6.45, 7) is 0. The highest BCUT2D eigenvalue weighted by Gasteiger charge is 1.98. The standard InChI is InChI=1S/C7H8N2O.C7H5NO/c8-9-7(10)6-4-2-1-3-5-6;9-6-8-7-4-2-1-3-5-7/h1-5H,8H2,(H,9,10);1-5H. The minimum Gasteiger partial charge on any atom is -0.290 e. The molecule has 0 aromatic heterocycles. The SMILES string of the molecule is NNC(=O)c1ccccc1.O=C=Nc1ccccc1. The fourth-order valence-corrected chi connectivity index (χ4v) is 1.23. The van der Waals surface area contributed by atoms with Gasteiger partial charge in [-0.3, -0.25) is 10.2 Å². The maximum atomic E-state index is 10.8. The number of amides is 1. The average Bonchev–Trinajstić information content (AvgIpc) is 2.49. The summed E-state index contributed by atoms with van der Waals surface area (Å²) in [5.74, 6) is 4.64. The molecule has 3 N–H and O–H groups in total. The van der Waals surface area contributed by atoms with Crippen molar-refractivity contribution >= 4 is 17.7 Å². The van der Waals surface area contributed by atoms with E-state index >= 15 is 0 Å². The first-order valence-electron chi connectivity index (χ1n) is 5.47. The highest BCUT2D eigenvalue weighted by Crippen LogP contribution is 2.07. The van der Waals surface area contributed by atoms with Crippen molar-refractivity contribution in [2.75, 3.05) is 0 Å². The number of nitrogens with one attached hydrogen (secondary N) is 1. The molecule has 2 aromatic rings. The van der Waals surface area contributed by atoms with Crippen LogP contribution in [-0.2, 0) is 4.79 Å². The van der Waals surface area contributed by atoms with E-state index < -0.39 is 0 Å². The summed E-state index contributed by atoms with van der Waals surface area (Å²) in [5, 5.41) is 0. The van der Waals surface area contributed by atoms with E-state index in [9.17, 15) is 9.59 Å². The van der Waals surface area contributed by atoms with Gasteiger partial charge in [0.25, 0.3) is 5.91 Å². The Morgan fingerprint density at radius 2 is 1.53 bits per heavy atom. The molecular weight excluding hydrogens is 242 g/mol. The first-order chi connectivity index (χ1) is 9.27. The van der Waals surface area contributed by atoms with Crippen molar-refractivity contribution in [3.63, 3.8) is 0 Å². The van der Waals surface area contributed by atoms with Crippen molar-refractivity contribution < 1.29 is 9.59 Å². The summed E-state index contributed by atoms with van der Waals surface area (Å²) >= 11 is 0. The van der Waals surface area contributed by atoms with Crippen molar-refractivity contribution in [1.29, 1.82) is 0 Å². The van der Waals surface area contributed by atoms with Crippen LogP contribution in [0, 0.1) is 0 Å². The Morgan fingerprint density at radius 1 is 1.00 bits per heavy atom. The van der Waals surface area contributed by atoms with Gasteiger partial charge in [0.1, 0.15) is 0 Å². The van der Waals surface area contributed by atoms with Crippen LogP contribution in [0.3, 0.4) is 0 Å². The number of para-hydroxylation sites is 1. The second-order valence-electron chi connectivity index (χ2n) is 3.38. The molecule has 2 aromatic carbocycles. The number of rotatable bonds is 2. The first-order valence-corrected chi connectivity index (χ1v) is 5.47. The van der Waals surface area contributed by atoms with Crippen LogP contribution in [0.25, 0.3) is 0 Å². The summed E-state index contributed by atoms with van der Waals surface area (Å²) in [6.07, 6.45) is 1.46. The number of nitrogen functional groups attached to an aromatic ring is 1. The minimum absolute atomic E-state index is 0.263. The van der Waals surface area contributed by atoms with Gasteiger partial charge in [-0.25, -0.2) is 10.6 Å². The molecule has 19 heavy (non-hydrogen) atoms. The molecule has 5 nitrogen and oxygen atoms in total. The molecule has 0 heterocycles. The molecule has 0 spiro atoms. The number of hydrogen-bond acceptors (Lipinski definition) is 4. The van der Waals surface area contributed by atoms with E-state index in [1.165, 1.54) is 6.08 Å². The number of benzene rings is 2. The zero-order valence-corrected chi connectivity index (χ0v) is 10.1. The average molecular weight is 255 g/mol. The predicted molar refractivity (Wildman–Crippen MR) is 72.3 cm³/mol. The normalized spacial score (nSPS) is 8.47. The zero-order chi connectivity index (χ0) is 13.9. The van der Waals surface area contributed by atoms with Gasteiger partial charge in [-0.15, -0.1) is 0 Å². The van der Waals surface area contributed by atoms with Gasteiger partial charge < -0.3 is 0 Å². The number of carbonyl (C=O) groups is 1. The molecule has 5 heteroatoms. The summed E-state index contributed by atoms with van der Waals surface area (Å²) in [7, 11) is 0. The third-order valence-corrected chi connectivity index (χ3v) is 2.10. The van der Waals surface area contributed by atoms with Crippen molar-refractivity contribution in [3.05, 3.63) is 66.2 Å². The van der Waals surface area contributed by atoms with Crippen LogP contribution in [-0.4, -0.2) is 12.0 Å². The number of aliphatic imine (C=N–C) groups is 1. The van der Waals surface area contributed by atoms with Crippen LogP contribution in [0.2, 0.25) is 0 Å². The fourth-order valence-electron chi connectivity index (χ4n) is 1.23. The molecule has 0 aliphatic carbocycles. The molecule has 0 radical (unpaired) electrons. The Morgan fingerprint density at radius 3 is 2.00 bits per heavy atom. The van der Waals surface area contributed by atoms with Crippen molar-refractivity contribution in [3.8, 4) is 0 Å². The van der Waals surface area contributed by atoms with Crippen LogP contribution in [0.1, 0.15) is 10.4 Å². The van der Waals surface area contributed by atoms with Gasteiger partial charge in [0, 0.05) is 5.56 Å². The fraction of sp³-hybridized carbons (Fsp3) is 0. The van der Waals surface area contributed by atoms with E-state index in [0.29, 0.717) is 11.3 Å². The van der Waals surface area contributed by atoms with Crippen LogP contribution >= 0.6 is 0 Å². The Hall–Kier alpha value is -2.75. The molecule has 96 valence electrons. The zero-order valence-electron chi connectivity index (χ0n) is 10.1. The Labute approximate surface area is 110 Å². The summed E-state index contributed by atoms with van der Waals surface area (Å²) in [6, 6.07) is 17.8. The topological polar surface area (TPSA) is 84.5 Å². The first kappa shape index (κ1) is 14.3. The summed E-state index contributed by atoms with van der Waals surface area (Å²) in [4.78, 5) is 23.9. The quantitative estimate of drug-likeness (QED) is 0.283. The van der Waals surface area contributed by atoms with E-state index in [4.69, 9.17) is 5.84 Å². The molecule has 0 aliphatic heterocycles. The minimum atomic E-state index is -0.263. The molecular formula is C14H13N3O2. The van der Waals surface area contributed by atoms with Gasteiger partial charge in [-0.1, -0.05) is 36.4 Å². The smallest absolute Gasteiger partial charge is 0.265 e. The van der Waals surface area contributed by atoms with Gasteiger partial charge in [0.2, 0.25) is 6.08 Å². The largest absolute Gasteiger partial charge is 0.290 e. The summed E-state index contributed by atoms with van der Waals surface area (Å²) < 4.78 is 0. The highest BCUT2D eigenvalue weighted by atomic mass is 16.2. The van der Waals surface area contributed by atoms with E-state index in [2.05, 4.69) is 4.99 Å². The molecule has 0 saturated heterocycles. The number of hydrazine groups is 1. The maximum Gasteiger partial charge on any atom is 0.265 e. The Balaban J connectivity index is 0.000000191. The maximum absolute atomic E-state index is 10.8. The van der Waals surface area contributed by atoms with Crippen LogP contribution in [0.4, 0.5) is 5.69 Å². The lowest BCUT2D eigenvalue weighted by Crippen LogP contribution is -2.29. The lowest BCUT2D eigenvalue weighted by Gasteiger charge is -1.95. The van der Waals surface area contributed by atoms with Gasteiger partial charge in [0.05, 0.1) is 5.69 Å². The molecule has 1 amide bonds. The summed E-state index contributed by atoms with van der Waals surface area (Å²) in [5.41, 5.74) is 3.26. The predicted octanol–water partition coefficient (Wildman–Crippen LogP) is 1.94. The molecule has 0 fully saturated rings. The van der Waals surface area contributed by atoms with E-state index in [1.807, 2.05) is 29.7 Å². The van der Waals surface area contributed by atoms with Crippen LogP contribution in [0.15, 0.2) is 65.7 Å². The second-order valence-corrected chi connectivity index (χ2v) is 3.38. The van der Waals surface area contributed by atoms with Gasteiger partial charge >= 0.3 is 0 Å². The van der Waals surface area contributed by atoms with E-state index in [0.717, 1.165) is 0 Å². The number of isocyanates is 1. The lowest BCUT2D eigenvalue weighted by molar-refractivity contribution is 0.0953. The van der Waals surface area contributed by atoms with Crippen LogP contribution in [0.5, 0.6) is 0 Å². The highest BCUT2D eigenvalue weighted by molar-refractivity contribution is 5.93. The Bertz CT molecular complexity index is 549. The van der Waals surface area contributed by atoms with E-state index in [-0.39, 0.29) is 5.91 Å². The van der Waals surface area contributed by atoms with Gasteiger partial charge in [0.15, 0.2) is 0 Å². The number of nitrogens with two attached hydrogens (primary N) is 1. The van der Waals surface area contributed by atoms with Crippen molar-refractivity contribution in [2.45, 2.75) is 0 Å². The van der Waals surface area contributed by atoms with Crippen molar-refractivity contribution in [2.24, 2.45) is 10.8 Å². The van der Waals surface area contributed by atoms with Gasteiger partial charge in [-0.2, -0.15) is 4.99 Å². The molecule has 0 bridgehead atoms.